The monoisotopic (exact) mass is 338 g/mol. The summed E-state index contributed by atoms with van der Waals surface area (Å²) in [5, 5.41) is 0. The second-order valence-corrected chi connectivity index (χ2v) is 5.99. The fourth-order valence-electron chi connectivity index (χ4n) is 2.12. The summed E-state index contributed by atoms with van der Waals surface area (Å²) in [6.45, 7) is 2.58. The molecule has 0 saturated heterocycles. The lowest BCUT2D eigenvalue weighted by atomic mass is 10.1. The number of ether oxygens (including phenoxy) is 1. The minimum Gasteiger partial charge on any atom is -0.465 e. The average molecular weight is 339 g/mol. The zero-order valence-electron chi connectivity index (χ0n) is 14.7. The van der Waals surface area contributed by atoms with Crippen molar-refractivity contribution in [3.05, 3.63) is 36.5 Å². The molecule has 0 amide bonds. The summed E-state index contributed by atoms with van der Waals surface area (Å²) < 4.78 is 4.98. The number of esters is 1. The van der Waals surface area contributed by atoms with E-state index in [2.05, 4.69) is 56.0 Å². The van der Waals surface area contributed by atoms with Gasteiger partial charge in [0.2, 0.25) is 0 Å². The third-order valence-electron chi connectivity index (χ3n) is 3.39. The van der Waals surface area contributed by atoms with Gasteiger partial charge in [-0.05, 0) is 38.5 Å². The van der Waals surface area contributed by atoms with Crippen molar-refractivity contribution >= 4 is 18.6 Å². The van der Waals surface area contributed by atoms with Crippen LogP contribution in [0.15, 0.2) is 36.5 Å². The Hall–Kier alpha value is -0.960. The number of carbonyl (C=O) groups is 1. The van der Waals surface area contributed by atoms with E-state index >= 15 is 0 Å². The average Bonchev–Trinajstić information content (AvgIpc) is 2.56. The second kappa shape index (κ2) is 19.1. The van der Waals surface area contributed by atoms with E-state index in [9.17, 15) is 4.79 Å². The lowest BCUT2D eigenvalue weighted by Crippen LogP contribution is -2.06. The molecule has 0 aliphatic heterocycles. The number of carbonyl (C=O) groups excluding carboxylic acids is 1. The minimum absolute atomic E-state index is 0.0831. The SMILES string of the molecule is CC/C=C\C/C=C\C/C=C\CCCCCCCC(=O)OCCS. The predicted molar refractivity (Wildman–Crippen MR) is 104 cm³/mol. The van der Waals surface area contributed by atoms with Gasteiger partial charge in [0, 0.05) is 12.2 Å². The molecule has 0 aliphatic carbocycles. The van der Waals surface area contributed by atoms with E-state index < -0.39 is 0 Å². The van der Waals surface area contributed by atoms with Gasteiger partial charge in [-0.15, -0.1) is 0 Å². The van der Waals surface area contributed by atoms with Crippen LogP contribution in [0.5, 0.6) is 0 Å². The Kier molecular flexibility index (Phi) is 18.3. The van der Waals surface area contributed by atoms with E-state index in [1.807, 2.05) is 0 Å². The molecule has 0 rings (SSSR count). The molecule has 0 aromatic heterocycles. The van der Waals surface area contributed by atoms with E-state index in [4.69, 9.17) is 4.74 Å². The fourth-order valence-corrected chi connectivity index (χ4v) is 2.21. The minimum atomic E-state index is -0.0831. The summed E-state index contributed by atoms with van der Waals surface area (Å²) in [4.78, 5) is 11.3. The van der Waals surface area contributed by atoms with Crippen LogP contribution in [0.3, 0.4) is 0 Å². The maximum Gasteiger partial charge on any atom is 0.305 e. The molecule has 0 aromatic carbocycles. The number of hydrogen-bond donors (Lipinski definition) is 1. The molecule has 2 nitrogen and oxygen atoms in total. The van der Waals surface area contributed by atoms with Gasteiger partial charge < -0.3 is 4.74 Å². The first kappa shape index (κ1) is 22.0. The van der Waals surface area contributed by atoms with Crippen LogP contribution in [0, 0.1) is 0 Å². The van der Waals surface area contributed by atoms with Crippen LogP contribution in [0.4, 0.5) is 0 Å². The van der Waals surface area contributed by atoms with E-state index in [0.29, 0.717) is 18.8 Å². The topological polar surface area (TPSA) is 26.3 Å². The van der Waals surface area contributed by atoms with Crippen LogP contribution in [-0.2, 0) is 9.53 Å². The van der Waals surface area contributed by atoms with Crippen molar-refractivity contribution in [2.24, 2.45) is 0 Å². The van der Waals surface area contributed by atoms with Gasteiger partial charge in [-0.2, -0.15) is 12.6 Å². The number of unbranched alkanes of at least 4 members (excludes halogenated alkanes) is 5. The molecule has 0 unspecified atom stereocenters. The highest BCUT2D eigenvalue weighted by Crippen LogP contribution is 2.08. The zero-order chi connectivity index (χ0) is 17.0. The Morgan fingerprint density at radius 1 is 0.870 bits per heavy atom. The third kappa shape index (κ3) is 19.0. The van der Waals surface area contributed by atoms with Crippen molar-refractivity contribution < 1.29 is 9.53 Å². The van der Waals surface area contributed by atoms with Crippen LogP contribution in [-0.4, -0.2) is 18.3 Å². The second-order valence-electron chi connectivity index (χ2n) is 5.54. The molecule has 23 heavy (non-hydrogen) atoms. The predicted octanol–water partition coefficient (Wildman–Crippen LogP) is 6.05. The van der Waals surface area contributed by atoms with E-state index in [1.54, 1.807) is 0 Å². The first-order valence-corrected chi connectivity index (χ1v) is 9.66. The standard InChI is InChI=1S/C20H34O2S/c1-2-3-4-5-6-7-8-9-10-11-12-13-14-15-16-17-20(21)22-18-19-23/h3-4,6-7,9-10,23H,2,5,8,11-19H2,1H3/b4-3-,7-6-,10-9-. The molecule has 0 N–H and O–H groups in total. The molecule has 3 heteroatoms. The van der Waals surface area contributed by atoms with Crippen LogP contribution in [0.1, 0.15) is 71.1 Å². The van der Waals surface area contributed by atoms with Gasteiger partial charge in [0.25, 0.3) is 0 Å². The number of rotatable bonds is 15. The van der Waals surface area contributed by atoms with Crippen molar-refractivity contribution in [2.75, 3.05) is 12.4 Å². The molecule has 132 valence electrons. The quantitative estimate of drug-likeness (QED) is 0.170. The van der Waals surface area contributed by atoms with Gasteiger partial charge in [-0.1, -0.05) is 62.6 Å². The van der Waals surface area contributed by atoms with Crippen LogP contribution >= 0.6 is 12.6 Å². The molecule has 0 heterocycles. The summed E-state index contributed by atoms with van der Waals surface area (Å²) in [5.74, 6) is 0.519. The maximum absolute atomic E-state index is 11.3. The summed E-state index contributed by atoms with van der Waals surface area (Å²) >= 11 is 4.01. The van der Waals surface area contributed by atoms with Gasteiger partial charge in [-0.25, -0.2) is 0 Å². The zero-order valence-corrected chi connectivity index (χ0v) is 15.6. The molecule has 0 spiro atoms. The Labute approximate surface area is 148 Å². The van der Waals surface area contributed by atoms with Gasteiger partial charge in [0.1, 0.15) is 6.61 Å². The summed E-state index contributed by atoms with van der Waals surface area (Å²) in [7, 11) is 0. The first-order valence-electron chi connectivity index (χ1n) is 9.02. The van der Waals surface area contributed by atoms with Gasteiger partial charge in [-0.3, -0.25) is 4.79 Å². The molecule has 0 atom stereocenters. The summed E-state index contributed by atoms with van der Waals surface area (Å²) in [6.07, 6.45) is 24.0. The molecule has 0 bridgehead atoms. The molecule has 0 saturated carbocycles. The Balaban J connectivity index is 3.28. The fraction of sp³-hybridized carbons (Fsp3) is 0.650. The van der Waals surface area contributed by atoms with Crippen LogP contribution in [0.2, 0.25) is 0 Å². The lowest BCUT2D eigenvalue weighted by molar-refractivity contribution is -0.143. The number of thiol groups is 1. The number of allylic oxidation sites excluding steroid dienone is 6. The van der Waals surface area contributed by atoms with Crippen molar-refractivity contribution in [2.45, 2.75) is 71.1 Å². The van der Waals surface area contributed by atoms with Crippen molar-refractivity contribution in [3.8, 4) is 0 Å². The Morgan fingerprint density at radius 2 is 1.48 bits per heavy atom. The third-order valence-corrected chi connectivity index (χ3v) is 3.57. The summed E-state index contributed by atoms with van der Waals surface area (Å²) in [5.41, 5.74) is 0. The smallest absolute Gasteiger partial charge is 0.305 e. The maximum atomic E-state index is 11.3. The van der Waals surface area contributed by atoms with Crippen molar-refractivity contribution in [1.29, 1.82) is 0 Å². The highest BCUT2D eigenvalue weighted by molar-refractivity contribution is 7.80. The van der Waals surface area contributed by atoms with Crippen molar-refractivity contribution in [3.63, 3.8) is 0 Å². The molecular weight excluding hydrogens is 304 g/mol. The van der Waals surface area contributed by atoms with Crippen LogP contribution in [0.25, 0.3) is 0 Å². The van der Waals surface area contributed by atoms with Crippen molar-refractivity contribution in [1.82, 2.24) is 0 Å². The first-order chi connectivity index (χ1) is 11.3. The highest BCUT2D eigenvalue weighted by atomic mass is 32.1. The van der Waals surface area contributed by atoms with Gasteiger partial charge in [0.15, 0.2) is 0 Å². The Bertz CT molecular complexity index is 346. The van der Waals surface area contributed by atoms with Crippen LogP contribution < -0.4 is 0 Å². The lowest BCUT2D eigenvalue weighted by Gasteiger charge is -2.02. The highest BCUT2D eigenvalue weighted by Gasteiger charge is 2.01. The molecule has 0 aromatic rings. The van der Waals surface area contributed by atoms with E-state index in [0.717, 1.165) is 38.5 Å². The van der Waals surface area contributed by atoms with Gasteiger partial charge in [0.05, 0.1) is 0 Å². The summed E-state index contributed by atoms with van der Waals surface area (Å²) in [6, 6.07) is 0. The molecule has 0 fully saturated rings. The van der Waals surface area contributed by atoms with E-state index in [-0.39, 0.29) is 5.97 Å². The molecular formula is C20H34O2S. The Morgan fingerprint density at radius 3 is 2.17 bits per heavy atom. The van der Waals surface area contributed by atoms with E-state index in [1.165, 1.54) is 19.3 Å². The molecule has 0 aliphatic rings. The normalized spacial score (nSPS) is 11.9. The largest absolute Gasteiger partial charge is 0.465 e. The van der Waals surface area contributed by atoms with Gasteiger partial charge >= 0.3 is 5.97 Å². The molecule has 0 radical (unpaired) electrons. The number of hydrogen-bond acceptors (Lipinski definition) is 3.